The molecular formula is C11H14Cl2N2. The molecule has 1 aromatic carbocycles. The number of nitrogen functional groups attached to an aromatic ring is 1. The minimum atomic E-state index is 0.523. The molecule has 1 heterocycles. The molecule has 2 nitrogen and oxygen atoms in total. The predicted molar refractivity (Wildman–Crippen MR) is 66.9 cm³/mol. The average Bonchev–Trinajstić information content (AvgIpc) is 2.25. The Kier molecular flexibility index (Phi) is 3.27. The summed E-state index contributed by atoms with van der Waals surface area (Å²) in [6.07, 6.45) is 3.75. The molecule has 1 saturated heterocycles. The van der Waals surface area contributed by atoms with Crippen molar-refractivity contribution in [3.63, 3.8) is 0 Å². The molecule has 0 spiro atoms. The third-order valence-electron chi connectivity index (χ3n) is 2.77. The molecule has 15 heavy (non-hydrogen) atoms. The van der Waals surface area contributed by atoms with Crippen molar-refractivity contribution in [1.82, 2.24) is 0 Å². The maximum Gasteiger partial charge on any atom is 0.0615 e. The largest absolute Gasteiger partial charge is 0.397 e. The van der Waals surface area contributed by atoms with E-state index in [2.05, 4.69) is 4.90 Å². The monoisotopic (exact) mass is 244 g/mol. The number of nitrogens with two attached hydrogens (primary N) is 1. The minimum Gasteiger partial charge on any atom is -0.397 e. The van der Waals surface area contributed by atoms with Crippen molar-refractivity contribution >= 4 is 34.6 Å². The van der Waals surface area contributed by atoms with Gasteiger partial charge in [-0.3, -0.25) is 0 Å². The van der Waals surface area contributed by atoms with Crippen molar-refractivity contribution < 1.29 is 0 Å². The van der Waals surface area contributed by atoms with Crippen molar-refractivity contribution in [2.45, 2.75) is 19.3 Å². The molecule has 0 saturated carbocycles. The van der Waals surface area contributed by atoms with Gasteiger partial charge in [-0.05, 0) is 31.4 Å². The third-order valence-corrected chi connectivity index (χ3v) is 3.49. The highest BCUT2D eigenvalue weighted by Crippen LogP contribution is 2.34. The van der Waals surface area contributed by atoms with Crippen LogP contribution in [0.1, 0.15) is 19.3 Å². The molecule has 0 atom stereocenters. The fraction of sp³-hybridized carbons (Fsp3) is 0.455. The number of anilines is 2. The standard InChI is InChI=1S/C11H14Cl2N2/c12-8-6-10(14)11(7-9(8)13)15-4-2-1-3-5-15/h6-7H,1-5,14H2. The molecule has 0 aliphatic carbocycles. The van der Waals surface area contributed by atoms with E-state index < -0.39 is 0 Å². The molecule has 2 N–H and O–H groups in total. The zero-order chi connectivity index (χ0) is 10.8. The quantitative estimate of drug-likeness (QED) is 0.766. The highest BCUT2D eigenvalue weighted by atomic mass is 35.5. The van der Waals surface area contributed by atoms with Crippen LogP contribution >= 0.6 is 23.2 Å². The average molecular weight is 245 g/mol. The van der Waals surface area contributed by atoms with E-state index in [1.165, 1.54) is 19.3 Å². The first kappa shape index (κ1) is 10.9. The van der Waals surface area contributed by atoms with E-state index in [1.54, 1.807) is 6.07 Å². The van der Waals surface area contributed by atoms with Crippen LogP contribution in [0.5, 0.6) is 0 Å². The van der Waals surface area contributed by atoms with Gasteiger partial charge in [-0.1, -0.05) is 23.2 Å². The lowest BCUT2D eigenvalue weighted by molar-refractivity contribution is 0.578. The second-order valence-corrected chi connectivity index (χ2v) is 4.69. The van der Waals surface area contributed by atoms with Gasteiger partial charge >= 0.3 is 0 Å². The molecular weight excluding hydrogens is 231 g/mol. The van der Waals surface area contributed by atoms with Crippen LogP contribution in [-0.4, -0.2) is 13.1 Å². The van der Waals surface area contributed by atoms with E-state index in [0.29, 0.717) is 15.7 Å². The van der Waals surface area contributed by atoms with Crippen molar-refractivity contribution in [3.05, 3.63) is 22.2 Å². The Hall–Kier alpha value is -0.600. The van der Waals surface area contributed by atoms with Crippen LogP contribution in [0, 0.1) is 0 Å². The first-order valence-corrected chi connectivity index (χ1v) is 5.93. The molecule has 0 aromatic heterocycles. The van der Waals surface area contributed by atoms with Gasteiger partial charge in [0.25, 0.3) is 0 Å². The number of hydrogen-bond acceptors (Lipinski definition) is 2. The van der Waals surface area contributed by atoms with Crippen LogP contribution in [0.4, 0.5) is 11.4 Å². The molecule has 2 rings (SSSR count). The van der Waals surface area contributed by atoms with Gasteiger partial charge in [0, 0.05) is 13.1 Å². The Morgan fingerprint density at radius 2 is 1.60 bits per heavy atom. The summed E-state index contributed by atoms with van der Waals surface area (Å²) in [6.45, 7) is 2.12. The Bertz CT molecular complexity index is 360. The first-order valence-electron chi connectivity index (χ1n) is 5.18. The smallest absolute Gasteiger partial charge is 0.0615 e. The topological polar surface area (TPSA) is 29.3 Å². The van der Waals surface area contributed by atoms with Gasteiger partial charge in [-0.15, -0.1) is 0 Å². The lowest BCUT2D eigenvalue weighted by Gasteiger charge is -2.30. The molecule has 0 amide bonds. The molecule has 0 radical (unpaired) electrons. The van der Waals surface area contributed by atoms with Gasteiger partial charge in [0.05, 0.1) is 21.4 Å². The van der Waals surface area contributed by atoms with Crippen LogP contribution in [0.2, 0.25) is 10.0 Å². The highest BCUT2D eigenvalue weighted by molar-refractivity contribution is 6.42. The van der Waals surface area contributed by atoms with E-state index in [0.717, 1.165) is 18.8 Å². The van der Waals surface area contributed by atoms with E-state index in [1.807, 2.05) is 6.07 Å². The number of piperidine rings is 1. The maximum absolute atomic E-state index is 5.99. The van der Waals surface area contributed by atoms with Crippen molar-refractivity contribution in [2.75, 3.05) is 23.7 Å². The fourth-order valence-electron chi connectivity index (χ4n) is 1.96. The lowest BCUT2D eigenvalue weighted by atomic mass is 10.1. The van der Waals surface area contributed by atoms with Crippen LogP contribution < -0.4 is 10.6 Å². The van der Waals surface area contributed by atoms with Gasteiger partial charge in [0.1, 0.15) is 0 Å². The lowest BCUT2D eigenvalue weighted by Crippen LogP contribution is -2.30. The zero-order valence-electron chi connectivity index (χ0n) is 8.47. The Balaban J connectivity index is 2.30. The number of rotatable bonds is 1. The molecule has 0 bridgehead atoms. The Morgan fingerprint density at radius 3 is 2.27 bits per heavy atom. The van der Waals surface area contributed by atoms with Gasteiger partial charge in [-0.25, -0.2) is 0 Å². The molecule has 82 valence electrons. The summed E-state index contributed by atoms with van der Waals surface area (Å²) >= 11 is 11.9. The van der Waals surface area contributed by atoms with Crippen LogP contribution in [0.25, 0.3) is 0 Å². The molecule has 4 heteroatoms. The Morgan fingerprint density at radius 1 is 1.00 bits per heavy atom. The first-order chi connectivity index (χ1) is 7.18. The van der Waals surface area contributed by atoms with Gasteiger partial charge < -0.3 is 10.6 Å². The summed E-state index contributed by atoms with van der Waals surface area (Å²) in [4.78, 5) is 2.28. The molecule has 1 aliphatic rings. The van der Waals surface area contributed by atoms with Gasteiger partial charge in [0.2, 0.25) is 0 Å². The highest BCUT2D eigenvalue weighted by Gasteiger charge is 2.14. The summed E-state index contributed by atoms with van der Waals surface area (Å²) < 4.78 is 0. The molecule has 1 aromatic rings. The number of halogens is 2. The zero-order valence-corrected chi connectivity index (χ0v) is 9.98. The third kappa shape index (κ3) is 2.32. The second-order valence-electron chi connectivity index (χ2n) is 3.87. The van der Waals surface area contributed by atoms with Gasteiger partial charge in [0.15, 0.2) is 0 Å². The summed E-state index contributed by atoms with van der Waals surface area (Å²) in [5, 5.41) is 1.10. The van der Waals surface area contributed by atoms with Crippen LogP contribution in [-0.2, 0) is 0 Å². The Labute approximate surface area is 100.0 Å². The predicted octanol–water partition coefficient (Wildman–Crippen LogP) is 3.57. The molecule has 1 aliphatic heterocycles. The van der Waals surface area contributed by atoms with Crippen molar-refractivity contribution in [1.29, 1.82) is 0 Å². The van der Waals surface area contributed by atoms with Gasteiger partial charge in [-0.2, -0.15) is 0 Å². The molecule has 1 fully saturated rings. The van der Waals surface area contributed by atoms with E-state index in [9.17, 15) is 0 Å². The van der Waals surface area contributed by atoms with Crippen molar-refractivity contribution in [3.8, 4) is 0 Å². The minimum absolute atomic E-state index is 0.523. The van der Waals surface area contributed by atoms with Crippen LogP contribution in [0.3, 0.4) is 0 Å². The summed E-state index contributed by atoms with van der Waals surface area (Å²) in [6, 6.07) is 3.60. The summed E-state index contributed by atoms with van der Waals surface area (Å²) in [5.74, 6) is 0. The van der Waals surface area contributed by atoms with E-state index in [-0.39, 0.29) is 0 Å². The normalized spacial score (nSPS) is 16.8. The second kappa shape index (κ2) is 4.50. The van der Waals surface area contributed by atoms with Crippen LogP contribution in [0.15, 0.2) is 12.1 Å². The SMILES string of the molecule is Nc1cc(Cl)c(Cl)cc1N1CCCCC1. The van der Waals surface area contributed by atoms with E-state index >= 15 is 0 Å². The fourth-order valence-corrected chi connectivity index (χ4v) is 2.29. The maximum atomic E-state index is 5.99. The summed E-state index contributed by atoms with van der Waals surface area (Å²) in [5.41, 5.74) is 7.67. The number of benzene rings is 1. The van der Waals surface area contributed by atoms with Crippen molar-refractivity contribution in [2.24, 2.45) is 0 Å². The number of hydrogen-bond donors (Lipinski definition) is 1. The van der Waals surface area contributed by atoms with E-state index in [4.69, 9.17) is 28.9 Å². The molecule has 0 unspecified atom stereocenters. The summed E-state index contributed by atoms with van der Waals surface area (Å²) in [7, 11) is 0. The number of nitrogens with zero attached hydrogens (tertiary/aromatic N) is 1.